The molecule has 174 valence electrons. The molecule has 1 unspecified atom stereocenters. The van der Waals surface area contributed by atoms with Crippen LogP contribution in [0.1, 0.15) is 66.2 Å². The van der Waals surface area contributed by atoms with Crippen LogP contribution in [0.5, 0.6) is 0 Å². The van der Waals surface area contributed by atoms with Gasteiger partial charge in [-0.25, -0.2) is 9.79 Å². The minimum atomic E-state index is -0.380. The maximum atomic E-state index is 12.7. The molecule has 33 heavy (non-hydrogen) atoms. The SMILES string of the molecule is CCOC(=O)c1c(NC(=O)CSC2=NC(=O)C3C(=N2)SC2=C3CCCC2)sc2c1CCCC2. The monoisotopic (exact) mass is 503 g/mol. The van der Waals surface area contributed by atoms with Crippen molar-refractivity contribution in [2.24, 2.45) is 15.9 Å². The summed E-state index contributed by atoms with van der Waals surface area (Å²) in [4.78, 5) is 49.2. The smallest absolute Gasteiger partial charge is 0.341 e. The van der Waals surface area contributed by atoms with Gasteiger partial charge in [0.25, 0.3) is 5.91 Å². The number of ether oxygens (including phenoxy) is 1. The molecule has 0 bridgehead atoms. The molecule has 4 aliphatic rings. The highest BCUT2D eigenvalue weighted by Gasteiger charge is 2.40. The van der Waals surface area contributed by atoms with Gasteiger partial charge in [0.05, 0.1) is 23.0 Å². The van der Waals surface area contributed by atoms with Crippen molar-refractivity contribution in [3.8, 4) is 0 Å². The summed E-state index contributed by atoms with van der Waals surface area (Å²) in [5, 5.41) is 4.60. The zero-order valence-corrected chi connectivity index (χ0v) is 20.9. The molecule has 5 rings (SSSR count). The third kappa shape index (κ3) is 4.57. The number of fused-ring (bicyclic) bond motifs is 3. The lowest BCUT2D eigenvalue weighted by Gasteiger charge is -2.18. The van der Waals surface area contributed by atoms with E-state index in [4.69, 9.17) is 4.74 Å². The molecule has 0 aromatic carbocycles. The second kappa shape index (κ2) is 9.76. The number of nitrogens with one attached hydrogen (secondary N) is 1. The number of aliphatic imine (C=N–C) groups is 2. The molecule has 0 saturated heterocycles. The molecule has 0 spiro atoms. The summed E-state index contributed by atoms with van der Waals surface area (Å²) in [6.07, 6.45) is 8.11. The third-order valence-corrected chi connectivity index (χ3v) is 9.48. The highest BCUT2D eigenvalue weighted by atomic mass is 32.2. The topological polar surface area (TPSA) is 97.2 Å². The van der Waals surface area contributed by atoms with Gasteiger partial charge in [-0.1, -0.05) is 23.5 Å². The molecule has 1 aromatic heterocycles. The number of hydrogen-bond acceptors (Lipinski definition) is 8. The van der Waals surface area contributed by atoms with E-state index in [0.717, 1.165) is 78.6 Å². The van der Waals surface area contributed by atoms with E-state index in [2.05, 4.69) is 15.3 Å². The van der Waals surface area contributed by atoms with Crippen molar-refractivity contribution < 1.29 is 19.1 Å². The van der Waals surface area contributed by atoms with Crippen LogP contribution in [-0.2, 0) is 27.2 Å². The van der Waals surface area contributed by atoms with Crippen molar-refractivity contribution in [3.05, 3.63) is 26.5 Å². The zero-order valence-electron chi connectivity index (χ0n) is 18.4. The molecule has 10 heteroatoms. The Labute approximate surface area is 204 Å². The van der Waals surface area contributed by atoms with Gasteiger partial charge in [0.2, 0.25) is 5.91 Å². The number of amides is 2. The summed E-state index contributed by atoms with van der Waals surface area (Å²) >= 11 is 4.24. The van der Waals surface area contributed by atoms with E-state index in [1.807, 2.05) is 0 Å². The third-order valence-electron chi connectivity index (χ3n) is 6.18. The Morgan fingerprint density at radius 3 is 2.76 bits per heavy atom. The Kier molecular flexibility index (Phi) is 6.76. The van der Waals surface area contributed by atoms with Crippen LogP contribution in [0, 0.1) is 5.92 Å². The van der Waals surface area contributed by atoms with Crippen LogP contribution in [0.2, 0.25) is 0 Å². The summed E-state index contributed by atoms with van der Waals surface area (Å²) in [5.41, 5.74) is 2.72. The Morgan fingerprint density at radius 1 is 1.12 bits per heavy atom. The first kappa shape index (κ1) is 22.9. The van der Waals surface area contributed by atoms with Crippen LogP contribution in [0.15, 0.2) is 20.5 Å². The van der Waals surface area contributed by atoms with Gasteiger partial charge in [-0.2, -0.15) is 4.99 Å². The van der Waals surface area contributed by atoms with Crippen molar-refractivity contribution in [3.63, 3.8) is 0 Å². The van der Waals surface area contributed by atoms with Gasteiger partial charge in [0, 0.05) is 4.88 Å². The number of rotatable bonds is 5. The summed E-state index contributed by atoms with van der Waals surface area (Å²) in [7, 11) is 0. The number of esters is 1. The fraction of sp³-hybridized carbons (Fsp3) is 0.522. The number of aryl methyl sites for hydroxylation is 1. The molecule has 2 aliphatic heterocycles. The first-order valence-electron chi connectivity index (χ1n) is 11.4. The maximum absolute atomic E-state index is 12.7. The highest BCUT2D eigenvalue weighted by Crippen LogP contribution is 2.47. The molecule has 0 saturated carbocycles. The molecular formula is C23H25N3O4S3. The van der Waals surface area contributed by atoms with Crippen molar-refractivity contribution in [1.82, 2.24) is 0 Å². The number of thioether (sulfide) groups is 2. The van der Waals surface area contributed by atoms with Gasteiger partial charge in [-0.3, -0.25) is 9.59 Å². The Bertz CT molecular complexity index is 1120. The number of nitrogens with zero attached hydrogens (tertiary/aromatic N) is 2. The standard InChI is InChI=1S/C23H25N3O4S3/c1-2-30-22(29)18-13-8-4-6-10-15(13)33-21(18)24-16(27)11-31-23-25-19(28)17-12-7-3-5-9-14(12)32-20(17)26-23/h17H,2-11H2,1H3,(H,24,27). The van der Waals surface area contributed by atoms with E-state index in [9.17, 15) is 14.4 Å². The largest absolute Gasteiger partial charge is 0.462 e. The molecule has 1 aromatic rings. The van der Waals surface area contributed by atoms with Crippen LogP contribution in [-0.4, -0.2) is 40.4 Å². The fourth-order valence-electron chi connectivity index (χ4n) is 4.71. The molecule has 0 radical (unpaired) electrons. The summed E-state index contributed by atoms with van der Waals surface area (Å²) < 4.78 is 5.25. The van der Waals surface area contributed by atoms with Crippen molar-refractivity contribution in [2.45, 2.75) is 58.3 Å². The van der Waals surface area contributed by atoms with E-state index < -0.39 is 0 Å². The van der Waals surface area contributed by atoms with Crippen LogP contribution in [0.4, 0.5) is 5.00 Å². The summed E-state index contributed by atoms with van der Waals surface area (Å²) in [6, 6.07) is 0. The lowest BCUT2D eigenvalue weighted by atomic mass is 9.89. The molecule has 1 N–H and O–H groups in total. The second-order valence-corrected chi connectivity index (χ2v) is 11.5. The van der Waals surface area contributed by atoms with E-state index in [1.165, 1.54) is 21.8 Å². The van der Waals surface area contributed by atoms with Crippen LogP contribution in [0.3, 0.4) is 0 Å². The Balaban J connectivity index is 1.25. The first-order valence-corrected chi connectivity index (χ1v) is 14.0. The Morgan fingerprint density at radius 2 is 1.91 bits per heavy atom. The van der Waals surface area contributed by atoms with Crippen LogP contribution < -0.4 is 5.32 Å². The molecule has 0 fully saturated rings. The lowest BCUT2D eigenvalue weighted by molar-refractivity contribution is -0.119. The summed E-state index contributed by atoms with van der Waals surface area (Å²) in [6.45, 7) is 2.07. The quantitative estimate of drug-likeness (QED) is 0.571. The van der Waals surface area contributed by atoms with E-state index in [-0.39, 0.29) is 36.1 Å². The van der Waals surface area contributed by atoms with E-state index in [0.29, 0.717) is 15.7 Å². The van der Waals surface area contributed by atoms with Crippen LogP contribution in [0.25, 0.3) is 0 Å². The second-order valence-electron chi connectivity index (χ2n) is 8.35. The van der Waals surface area contributed by atoms with Gasteiger partial charge >= 0.3 is 5.97 Å². The lowest BCUT2D eigenvalue weighted by Crippen LogP contribution is -2.25. The number of carbonyl (C=O) groups excluding carboxylic acids is 3. The first-order chi connectivity index (χ1) is 16.0. The van der Waals surface area contributed by atoms with Gasteiger partial charge in [-0.15, -0.1) is 11.3 Å². The van der Waals surface area contributed by atoms with Gasteiger partial charge in [0.1, 0.15) is 10.9 Å². The van der Waals surface area contributed by atoms with Gasteiger partial charge < -0.3 is 10.1 Å². The minimum absolute atomic E-state index is 0.0657. The van der Waals surface area contributed by atoms with Gasteiger partial charge in [0.15, 0.2) is 5.17 Å². The molecule has 2 amide bonds. The number of anilines is 1. The number of hydrogen-bond donors (Lipinski definition) is 1. The Hall–Kier alpha value is -1.91. The van der Waals surface area contributed by atoms with E-state index in [1.54, 1.807) is 18.7 Å². The number of carbonyl (C=O) groups is 3. The number of allylic oxidation sites excluding steroid dienone is 1. The highest BCUT2D eigenvalue weighted by molar-refractivity contribution is 8.18. The van der Waals surface area contributed by atoms with Gasteiger partial charge in [-0.05, 0) is 74.3 Å². The normalized spacial score (nSPS) is 21.6. The maximum Gasteiger partial charge on any atom is 0.341 e. The van der Waals surface area contributed by atoms with Crippen LogP contribution >= 0.6 is 34.9 Å². The predicted molar refractivity (Wildman–Crippen MR) is 134 cm³/mol. The predicted octanol–water partition coefficient (Wildman–Crippen LogP) is 4.96. The fourth-order valence-corrected chi connectivity index (χ4v) is 8.05. The van der Waals surface area contributed by atoms with Crippen molar-refractivity contribution in [1.29, 1.82) is 0 Å². The minimum Gasteiger partial charge on any atom is -0.462 e. The summed E-state index contributed by atoms with van der Waals surface area (Å²) in [5.74, 6) is -1.03. The molecule has 3 heterocycles. The van der Waals surface area contributed by atoms with Crippen molar-refractivity contribution >= 4 is 67.9 Å². The number of thiophene rings is 1. The van der Waals surface area contributed by atoms with Crippen molar-refractivity contribution in [2.75, 3.05) is 17.7 Å². The van der Waals surface area contributed by atoms with E-state index >= 15 is 0 Å². The molecule has 2 aliphatic carbocycles. The molecular weight excluding hydrogens is 478 g/mol. The molecule has 1 atom stereocenters. The number of amidine groups is 1. The molecule has 7 nitrogen and oxygen atoms in total. The average Bonchev–Trinajstić information content (AvgIpc) is 3.35. The average molecular weight is 504 g/mol. The zero-order chi connectivity index (χ0) is 22.9.